The number of carbonyl (C=O) groups excluding carboxylic acids is 2. The lowest BCUT2D eigenvalue weighted by Gasteiger charge is -2.19. The van der Waals surface area contributed by atoms with Crippen LogP contribution >= 0.6 is 0 Å². The van der Waals surface area contributed by atoms with Gasteiger partial charge in [-0.1, -0.05) is 72.8 Å². The van der Waals surface area contributed by atoms with E-state index in [1.807, 2.05) is 84.9 Å². The highest BCUT2D eigenvalue weighted by Gasteiger charge is 2.15. The smallest absolute Gasteiger partial charge is 0.319 e. The van der Waals surface area contributed by atoms with E-state index >= 15 is 0 Å². The van der Waals surface area contributed by atoms with Crippen LogP contribution < -0.4 is 21.7 Å². The van der Waals surface area contributed by atoms with Crippen LogP contribution in [-0.2, 0) is 11.2 Å². The molecule has 0 aliphatic carbocycles. The molecule has 0 saturated carbocycles. The molecular weight excluding hydrogens is 400 g/mol. The number of nitrogens with one attached hydrogen (secondary N) is 3. The first-order valence-electron chi connectivity index (χ1n) is 10.9. The molecule has 0 aromatic heterocycles. The van der Waals surface area contributed by atoms with Gasteiger partial charge in [0.25, 0.3) is 0 Å². The lowest BCUT2D eigenvalue weighted by Crippen LogP contribution is -2.40. The van der Waals surface area contributed by atoms with Gasteiger partial charge in [0.15, 0.2) is 0 Å². The summed E-state index contributed by atoms with van der Waals surface area (Å²) in [7, 11) is 0. The van der Waals surface area contributed by atoms with Gasteiger partial charge in [-0.2, -0.15) is 0 Å². The van der Waals surface area contributed by atoms with E-state index in [1.165, 1.54) is 0 Å². The third-order valence-corrected chi connectivity index (χ3v) is 5.10. The molecule has 0 spiro atoms. The molecule has 0 fully saturated rings. The zero-order chi connectivity index (χ0) is 22.6. The Morgan fingerprint density at radius 2 is 1.44 bits per heavy atom. The fraction of sp³-hybridized carbons (Fsp3) is 0.231. The van der Waals surface area contributed by atoms with Crippen LogP contribution in [-0.4, -0.2) is 31.1 Å². The van der Waals surface area contributed by atoms with Gasteiger partial charge >= 0.3 is 6.03 Å². The van der Waals surface area contributed by atoms with Crippen molar-refractivity contribution in [1.29, 1.82) is 0 Å². The first-order valence-corrected chi connectivity index (χ1v) is 10.9. The molecule has 3 rings (SSSR count). The summed E-state index contributed by atoms with van der Waals surface area (Å²) in [4.78, 5) is 24.6. The predicted octanol–water partition coefficient (Wildman–Crippen LogP) is 3.94. The number of nitrogens with two attached hydrogens (primary N) is 1. The summed E-state index contributed by atoms with van der Waals surface area (Å²) >= 11 is 0. The van der Waals surface area contributed by atoms with Crippen molar-refractivity contribution >= 4 is 17.6 Å². The molecule has 0 aliphatic heterocycles. The first-order chi connectivity index (χ1) is 15.6. The monoisotopic (exact) mass is 430 g/mol. The van der Waals surface area contributed by atoms with Gasteiger partial charge in [-0.3, -0.25) is 4.79 Å². The van der Waals surface area contributed by atoms with Crippen molar-refractivity contribution in [2.45, 2.75) is 25.3 Å². The second-order valence-corrected chi connectivity index (χ2v) is 7.61. The Labute approximate surface area is 189 Å². The van der Waals surface area contributed by atoms with E-state index in [4.69, 9.17) is 5.73 Å². The Hall–Kier alpha value is -3.64. The van der Waals surface area contributed by atoms with Crippen LogP contribution in [0.1, 0.15) is 18.4 Å². The van der Waals surface area contributed by atoms with Crippen LogP contribution in [0.3, 0.4) is 0 Å². The minimum absolute atomic E-state index is 0.0628. The van der Waals surface area contributed by atoms with Crippen LogP contribution in [0.2, 0.25) is 0 Å². The highest BCUT2D eigenvalue weighted by molar-refractivity contribution is 5.89. The summed E-state index contributed by atoms with van der Waals surface area (Å²) in [5, 5.41) is 8.68. The average Bonchev–Trinajstić information content (AvgIpc) is 2.83. The topological polar surface area (TPSA) is 96.2 Å². The lowest BCUT2D eigenvalue weighted by molar-refractivity contribution is -0.121. The molecule has 0 saturated heterocycles. The lowest BCUT2D eigenvalue weighted by atomic mass is 10.0. The molecule has 3 aromatic carbocycles. The van der Waals surface area contributed by atoms with Crippen LogP contribution in [0.15, 0.2) is 84.9 Å². The van der Waals surface area contributed by atoms with Crippen molar-refractivity contribution in [3.05, 3.63) is 90.5 Å². The third-order valence-electron chi connectivity index (χ3n) is 5.10. The van der Waals surface area contributed by atoms with Crippen molar-refractivity contribution in [3.63, 3.8) is 0 Å². The summed E-state index contributed by atoms with van der Waals surface area (Å²) in [6.07, 6.45) is 1.50. The molecule has 5 N–H and O–H groups in total. The minimum Gasteiger partial charge on any atom is -0.355 e. The number of hydrogen-bond acceptors (Lipinski definition) is 3. The van der Waals surface area contributed by atoms with E-state index in [2.05, 4.69) is 16.0 Å². The average molecular weight is 431 g/mol. The normalized spacial score (nSPS) is 11.4. The first kappa shape index (κ1) is 23.0. The summed E-state index contributed by atoms with van der Waals surface area (Å²) in [5.74, 6) is -0.0628. The Morgan fingerprint density at radius 1 is 0.812 bits per heavy atom. The maximum Gasteiger partial charge on any atom is 0.319 e. The van der Waals surface area contributed by atoms with Gasteiger partial charge in [0.05, 0.1) is 0 Å². The number of urea groups is 1. The number of rotatable bonds is 10. The standard InChI is InChI=1S/C26H30N4O2/c27-17-18-28-25(31)16-15-24(19-20-7-3-1-4-8-20)30-26(32)29-23-13-11-22(12-14-23)21-9-5-2-6-10-21/h1-14,24H,15-19,27H2,(H,28,31)(H2,29,30,32). The fourth-order valence-electron chi connectivity index (χ4n) is 3.46. The van der Waals surface area contributed by atoms with Gasteiger partial charge in [0.2, 0.25) is 5.91 Å². The van der Waals surface area contributed by atoms with E-state index in [0.29, 0.717) is 38.0 Å². The van der Waals surface area contributed by atoms with Crippen molar-refractivity contribution in [3.8, 4) is 11.1 Å². The Bertz CT molecular complexity index is 976. The Kier molecular flexibility index (Phi) is 8.83. The van der Waals surface area contributed by atoms with Crippen molar-refractivity contribution in [2.75, 3.05) is 18.4 Å². The minimum atomic E-state index is -0.291. The molecule has 6 nitrogen and oxygen atoms in total. The molecular formula is C26H30N4O2. The van der Waals surface area contributed by atoms with E-state index in [-0.39, 0.29) is 18.0 Å². The van der Waals surface area contributed by atoms with Gasteiger partial charge in [-0.15, -0.1) is 0 Å². The molecule has 3 amide bonds. The molecule has 0 radical (unpaired) electrons. The van der Waals surface area contributed by atoms with E-state index < -0.39 is 0 Å². The summed E-state index contributed by atoms with van der Waals surface area (Å²) < 4.78 is 0. The molecule has 32 heavy (non-hydrogen) atoms. The summed E-state index contributed by atoms with van der Waals surface area (Å²) in [5.41, 5.74) is 9.46. The number of carbonyl (C=O) groups is 2. The SMILES string of the molecule is NCCNC(=O)CCC(Cc1ccccc1)NC(=O)Nc1ccc(-c2ccccc2)cc1. The van der Waals surface area contributed by atoms with Gasteiger partial charge in [-0.25, -0.2) is 4.79 Å². The summed E-state index contributed by atoms with van der Waals surface area (Å²) in [6.45, 7) is 0.859. The fourth-order valence-corrected chi connectivity index (χ4v) is 3.46. The number of hydrogen-bond donors (Lipinski definition) is 4. The molecule has 1 atom stereocenters. The molecule has 0 bridgehead atoms. The van der Waals surface area contributed by atoms with Gasteiger partial charge in [-0.05, 0) is 41.7 Å². The number of benzene rings is 3. The van der Waals surface area contributed by atoms with Crippen LogP contribution in [0.25, 0.3) is 11.1 Å². The maximum absolute atomic E-state index is 12.6. The van der Waals surface area contributed by atoms with Crippen molar-refractivity contribution in [1.82, 2.24) is 10.6 Å². The zero-order valence-electron chi connectivity index (χ0n) is 18.1. The van der Waals surface area contributed by atoms with Crippen LogP contribution in [0, 0.1) is 0 Å². The predicted molar refractivity (Wildman–Crippen MR) is 129 cm³/mol. The van der Waals surface area contributed by atoms with E-state index in [0.717, 1.165) is 16.7 Å². The largest absolute Gasteiger partial charge is 0.355 e. The maximum atomic E-state index is 12.6. The highest BCUT2D eigenvalue weighted by atomic mass is 16.2. The van der Waals surface area contributed by atoms with Gasteiger partial charge < -0.3 is 21.7 Å². The molecule has 3 aromatic rings. The molecule has 166 valence electrons. The molecule has 6 heteroatoms. The van der Waals surface area contributed by atoms with E-state index in [1.54, 1.807) is 0 Å². The second kappa shape index (κ2) is 12.3. The molecule has 0 aliphatic rings. The van der Waals surface area contributed by atoms with Gasteiger partial charge in [0.1, 0.15) is 0 Å². The molecule has 1 unspecified atom stereocenters. The van der Waals surface area contributed by atoms with Crippen molar-refractivity contribution < 1.29 is 9.59 Å². The third kappa shape index (κ3) is 7.56. The molecule has 0 heterocycles. The van der Waals surface area contributed by atoms with Gasteiger partial charge in [0, 0.05) is 31.2 Å². The van der Waals surface area contributed by atoms with Crippen LogP contribution in [0.4, 0.5) is 10.5 Å². The number of amides is 3. The quantitative estimate of drug-likeness (QED) is 0.392. The van der Waals surface area contributed by atoms with E-state index in [9.17, 15) is 9.59 Å². The second-order valence-electron chi connectivity index (χ2n) is 7.61. The Morgan fingerprint density at radius 3 is 2.09 bits per heavy atom. The van der Waals surface area contributed by atoms with Crippen molar-refractivity contribution in [2.24, 2.45) is 5.73 Å². The Balaban J connectivity index is 1.58. The number of anilines is 1. The zero-order valence-corrected chi connectivity index (χ0v) is 18.1. The highest BCUT2D eigenvalue weighted by Crippen LogP contribution is 2.21. The van der Waals surface area contributed by atoms with Crippen LogP contribution in [0.5, 0.6) is 0 Å². The summed E-state index contributed by atoms with van der Waals surface area (Å²) in [6, 6.07) is 27.3.